The third-order valence-corrected chi connectivity index (χ3v) is 4.96. The molecular weight excluding hydrogens is 447 g/mol. The fraction of sp³-hybridized carbons (Fsp3) is 0.118. The van der Waals surface area contributed by atoms with Crippen molar-refractivity contribution in [3.8, 4) is 0 Å². The summed E-state index contributed by atoms with van der Waals surface area (Å²) < 4.78 is 40.3. The summed E-state index contributed by atoms with van der Waals surface area (Å²) in [7, 11) is 1.52. The molecule has 0 saturated heterocycles. The Labute approximate surface area is 164 Å². The fourth-order valence-corrected chi connectivity index (χ4v) is 3.14. The molecule has 0 bridgehead atoms. The topological polar surface area (TPSA) is 66.9 Å². The number of benzene rings is 2. The van der Waals surface area contributed by atoms with Crippen molar-refractivity contribution < 1.29 is 18.0 Å². The summed E-state index contributed by atoms with van der Waals surface area (Å²) in [5.74, 6) is -0.618. The van der Waals surface area contributed by atoms with Gasteiger partial charge in [-0.05, 0) is 48.6 Å². The normalized spacial score (nSPS) is 11.6. The molecule has 0 aliphatic rings. The number of alkyl halides is 3. The number of nitrogens with one attached hydrogen (secondary N) is 2. The summed E-state index contributed by atoms with van der Waals surface area (Å²) in [4.78, 5) is 27.4. The molecule has 3 rings (SSSR count). The largest absolute Gasteiger partial charge is 0.417 e. The predicted octanol–water partition coefficient (Wildman–Crippen LogP) is 4.63. The molecule has 0 aliphatic carbocycles. The molecule has 10 heteroatoms. The Morgan fingerprint density at radius 3 is 2.59 bits per heavy atom. The number of fused-ring (bicyclic) bond motifs is 1. The van der Waals surface area contributed by atoms with E-state index in [1.165, 1.54) is 41.9 Å². The van der Waals surface area contributed by atoms with Crippen molar-refractivity contribution in [3.63, 3.8) is 0 Å². The van der Waals surface area contributed by atoms with E-state index >= 15 is 0 Å². The zero-order chi connectivity index (χ0) is 19.9. The number of carbonyl (C=O) groups excluding carboxylic acids is 1. The highest BCUT2D eigenvalue weighted by Crippen LogP contribution is 2.36. The molecule has 140 valence electrons. The van der Waals surface area contributed by atoms with Crippen LogP contribution in [0.15, 0.2) is 45.7 Å². The Morgan fingerprint density at radius 1 is 1.22 bits per heavy atom. The Kier molecular flexibility index (Phi) is 4.96. The minimum Gasteiger partial charge on any atom is -0.332 e. The van der Waals surface area contributed by atoms with E-state index < -0.39 is 17.6 Å². The van der Waals surface area contributed by atoms with Gasteiger partial charge in [0.2, 0.25) is 0 Å². The van der Waals surface area contributed by atoms with E-state index in [0.29, 0.717) is 10.9 Å². The predicted molar refractivity (Wildman–Crippen MR) is 101 cm³/mol. The van der Waals surface area contributed by atoms with Gasteiger partial charge in [-0.2, -0.15) is 13.2 Å². The second kappa shape index (κ2) is 6.93. The third-order valence-electron chi connectivity index (χ3n) is 3.89. The molecule has 1 aromatic heterocycles. The lowest BCUT2D eigenvalue weighted by Crippen LogP contribution is -2.19. The number of hydrogen-bond donors (Lipinski definition) is 2. The van der Waals surface area contributed by atoms with Crippen LogP contribution in [0.5, 0.6) is 0 Å². The highest BCUT2D eigenvalue weighted by molar-refractivity contribution is 9.10. The van der Waals surface area contributed by atoms with Gasteiger partial charge in [0.05, 0.1) is 16.5 Å². The van der Waals surface area contributed by atoms with Crippen LogP contribution in [0.25, 0.3) is 10.9 Å². The van der Waals surface area contributed by atoms with Gasteiger partial charge >= 0.3 is 6.18 Å². The summed E-state index contributed by atoms with van der Waals surface area (Å²) in [6.07, 6.45) is -4.56. The van der Waals surface area contributed by atoms with E-state index in [0.717, 1.165) is 6.07 Å². The number of hydrogen-bond acceptors (Lipinski definition) is 3. The first-order chi connectivity index (χ1) is 12.6. The first kappa shape index (κ1) is 19.3. The maximum atomic E-state index is 13.0. The van der Waals surface area contributed by atoms with Gasteiger partial charge in [-0.15, -0.1) is 0 Å². The lowest BCUT2D eigenvalue weighted by atomic mass is 10.1. The molecule has 1 amide bonds. The molecule has 27 heavy (non-hydrogen) atoms. The zero-order valence-electron chi connectivity index (χ0n) is 13.6. The molecule has 2 N–H and O–H groups in total. The summed E-state index contributed by atoms with van der Waals surface area (Å²) in [6, 6.07) is 7.69. The maximum Gasteiger partial charge on any atom is 0.417 e. The molecule has 0 aliphatic heterocycles. The highest BCUT2D eigenvalue weighted by atomic mass is 79.9. The first-order valence-electron chi connectivity index (χ1n) is 7.49. The Hall–Kier alpha value is -2.46. The van der Waals surface area contributed by atoms with Crippen LogP contribution in [0.1, 0.15) is 15.9 Å². The van der Waals surface area contributed by atoms with Crippen LogP contribution in [0, 0.1) is 4.77 Å². The van der Waals surface area contributed by atoms with Crippen molar-refractivity contribution in [2.45, 2.75) is 6.18 Å². The smallest absolute Gasteiger partial charge is 0.332 e. The van der Waals surface area contributed by atoms with Crippen molar-refractivity contribution in [2.24, 2.45) is 7.05 Å². The Bertz CT molecular complexity index is 1180. The quantitative estimate of drug-likeness (QED) is 0.551. The van der Waals surface area contributed by atoms with E-state index in [4.69, 9.17) is 12.2 Å². The van der Waals surface area contributed by atoms with Gasteiger partial charge in [0.15, 0.2) is 4.77 Å². The second-order valence-corrected chi connectivity index (χ2v) is 6.94. The minimum atomic E-state index is -4.56. The molecule has 5 nitrogen and oxygen atoms in total. The van der Waals surface area contributed by atoms with Gasteiger partial charge in [-0.1, -0.05) is 15.9 Å². The monoisotopic (exact) mass is 457 g/mol. The highest BCUT2D eigenvalue weighted by Gasteiger charge is 2.33. The van der Waals surface area contributed by atoms with Gasteiger partial charge in [0.25, 0.3) is 11.5 Å². The standard InChI is InChI=1S/C17H11BrF3N3O2S/c1-24-15(26)10-4-2-8(6-13(10)23-16(24)27)14(25)22-9-3-5-12(18)11(7-9)17(19,20)21/h2-7H,1H3,(H,22,25)(H,23,27). The Balaban J connectivity index is 1.96. The van der Waals surface area contributed by atoms with Crippen LogP contribution in [0.4, 0.5) is 18.9 Å². The summed E-state index contributed by atoms with van der Waals surface area (Å²) in [6.45, 7) is 0. The molecule has 0 unspecified atom stereocenters. The number of nitrogens with zero attached hydrogens (tertiary/aromatic N) is 1. The zero-order valence-corrected chi connectivity index (χ0v) is 16.1. The minimum absolute atomic E-state index is 0.00691. The van der Waals surface area contributed by atoms with Crippen molar-refractivity contribution >= 4 is 50.6 Å². The molecule has 0 spiro atoms. The molecular formula is C17H11BrF3N3O2S. The lowest BCUT2D eigenvalue weighted by molar-refractivity contribution is -0.138. The number of aromatic nitrogens is 2. The average molecular weight is 458 g/mol. The number of amides is 1. The van der Waals surface area contributed by atoms with Crippen LogP contribution in [0.2, 0.25) is 0 Å². The Morgan fingerprint density at radius 2 is 1.93 bits per heavy atom. The van der Waals surface area contributed by atoms with Gasteiger partial charge in [-0.25, -0.2) is 0 Å². The van der Waals surface area contributed by atoms with Crippen LogP contribution in [-0.2, 0) is 13.2 Å². The number of anilines is 1. The van der Waals surface area contributed by atoms with Gasteiger partial charge < -0.3 is 10.3 Å². The van der Waals surface area contributed by atoms with Crippen LogP contribution < -0.4 is 10.9 Å². The van der Waals surface area contributed by atoms with E-state index in [1.54, 1.807) is 0 Å². The second-order valence-electron chi connectivity index (χ2n) is 5.70. The average Bonchev–Trinajstić information content (AvgIpc) is 2.60. The molecule has 0 atom stereocenters. The molecule has 0 radical (unpaired) electrons. The summed E-state index contributed by atoms with van der Waals surface area (Å²) in [5, 5.41) is 2.76. The number of aromatic amines is 1. The maximum absolute atomic E-state index is 13.0. The van der Waals surface area contributed by atoms with E-state index in [-0.39, 0.29) is 26.1 Å². The summed E-state index contributed by atoms with van der Waals surface area (Å²) in [5.41, 5.74) is -0.692. The van der Waals surface area contributed by atoms with Crippen LogP contribution in [-0.4, -0.2) is 15.5 Å². The van der Waals surface area contributed by atoms with Crippen molar-refractivity contribution in [2.75, 3.05) is 5.32 Å². The van der Waals surface area contributed by atoms with Gasteiger partial charge in [0.1, 0.15) is 0 Å². The molecule has 0 saturated carbocycles. The summed E-state index contributed by atoms with van der Waals surface area (Å²) >= 11 is 7.88. The number of rotatable bonds is 2. The molecule has 2 aromatic carbocycles. The molecule has 3 aromatic rings. The fourth-order valence-electron chi connectivity index (χ4n) is 2.47. The van der Waals surface area contributed by atoms with E-state index in [2.05, 4.69) is 26.2 Å². The number of halogens is 4. The third kappa shape index (κ3) is 3.81. The van der Waals surface area contributed by atoms with Crippen molar-refractivity contribution in [1.29, 1.82) is 0 Å². The van der Waals surface area contributed by atoms with Crippen LogP contribution in [0.3, 0.4) is 0 Å². The first-order valence-corrected chi connectivity index (χ1v) is 8.69. The molecule has 1 heterocycles. The van der Waals surface area contributed by atoms with E-state index in [9.17, 15) is 22.8 Å². The van der Waals surface area contributed by atoms with Gasteiger partial charge in [-0.3, -0.25) is 14.2 Å². The molecule has 0 fully saturated rings. The van der Waals surface area contributed by atoms with E-state index in [1.807, 2.05) is 0 Å². The number of carbonyl (C=O) groups is 1. The number of H-pyrrole nitrogens is 1. The van der Waals surface area contributed by atoms with Crippen molar-refractivity contribution in [1.82, 2.24) is 9.55 Å². The SMILES string of the molecule is Cn1c(=S)[nH]c2cc(C(=O)Nc3ccc(Br)c(C(F)(F)F)c3)ccc2c1=O. The van der Waals surface area contributed by atoms with Crippen LogP contribution >= 0.6 is 28.1 Å². The van der Waals surface area contributed by atoms with Gasteiger partial charge in [0, 0.05) is 22.8 Å². The lowest BCUT2D eigenvalue weighted by Gasteiger charge is -2.12. The van der Waals surface area contributed by atoms with Crippen molar-refractivity contribution in [3.05, 3.63) is 67.1 Å².